The molecule has 2 N–H and O–H groups in total. The van der Waals surface area contributed by atoms with E-state index in [-0.39, 0.29) is 12.2 Å². The Morgan fingerprint density at radius 1 is 1.17 bits per heavy atom. The largest absolute Gasteiger partial charge is 0.505 e. The molecule has 2 aromatic rings. The predicted molar refractivity (Wildman–Crippen MR) is 83.2 cm³/mol. The summed E-state index contributed by atoms with van der Waals surface area (Å²) in [6, 6.07) is 6.87. The van der Waals surface area contributed by atoms with Crippen LogP contribution in [0.2, 0.25) is 0 Å². The van der Waals surface area contributed by atoms with Gasteiger partial charge in [0.05, 0.1) is 11.3 Å². The molecule has 0 unspecified atom stereocenters. The Morgan fingerprint density at radius 2 is 1.79 bits per heavy atom. The van der Waals surface area contributed by atoms with Crippen LogP contribution in [0.25, 0.3) is 0 Å². The highest BCUT2D eigenvalue weighted by molar-refractivity contribution is 7.82. The molecule has 24 heavy (non-hydrogen) atoms. The summed E-state index contributed by atoms with van der Waals surface area (Å²) in [5, 5.41) is 11.5. The van der Waals surface area contributed by atoms with Gasteiger partial charge in [0.1, 0.15) is 0 Å². The molecule has 4 nitrogen and oxygen atoms in total. The number of carbonyl (C=O) groups excluding carboxylic acids is 1. The summed E-state index contributed by atoms with van der Waals surface area (Å²) in [4.78, 5) is 11.9. The van der Waals surface area contributed by atoms with Crippen molar-refractivity contribution in [3.05, 3.63) is 59.4 Å². The molecule has 0 spiro atoms. The van der Waals surface area contributed by atoms with E-state index in [0.29, 0.717) is 5.56 Å². The Morgan fingerprint density at radius 3 is 2.33 bits per heavy atom. The monoisotopic (exact) mass is 360 g/mol. The maximum atomic E-state index is 13.3. The molecule has 2 aromatic carbocycles. The maximum Gasteiger partial charge on any atom is 0.416 e. The Labute approximate surface area is 140 Å². The number of thiol groups is 1. The molecule has 0 saturated carbocycles. The summed E-state index contributed by atoms with van der Waals surface area (Å²) in [5.74, 6) is -1.48. The van der Waals surface area contributed by atoms with E-state index in [9.17, 15) is 22.4 Å². The van der Waals surface area contributed by atoms with Crippen LogP contribution in [-0.2, 0) is 12.7 Å². The molecule has 0 bridgehead atoms. The molecule has 0 aliphatic heterocycles. The minimum Gasteiger partial charge on any atom is -0.505 e. The van der Waals surface area contributed by atoms with E-state index >= 15 is 0 Å². The number of nitrogens with one attached hydrogen (secondary N) is 1. The van der Waals surface area contributed by atoms with Gasteiger partial charge >= 0.3 is 12.2 Å². The lowest BCUT2D eigenvalue weighted by Crippen LogP contribution is -2.33. The zero-order valence-electron chi connectivity index (χ0n) is 12.0. The van der Waals surface area contributed by atoms with Gasteiger partial charge in [-0.05, 0) is 29.8 Å². The molecular weight excluding hydrogens is 348 g/mol. The summed E-state index contributed by atoms with van der Waals surface area (Å²) in [6.07, 6.45) is -4.42. The molecular formula is C15H12F4N2O2S. The fourth-order valence-corrected chi connectivity index (χ4v) is 2.00. The third-order valence-electron chi connectivity index (χ3n) is 3.09. The number of hydrogen-bond acceptors (Lipinski definition) is 3. The van der Waals surface area contributed by atoms with Crippen molar-refractivity contribution in [3.63, 3.8) is 0 Å². The molecule has 0 heterocycles. The summed E-state index contributed by atoms with van der Waals surface area (Å²) in [5.41, 5.74) is -0.249. The van der Waals surface area contributed by atoms with Crippen LogP contribution >= 0.6 is 12.8 Å². The Hall–Kier alpha value is -2.42. The van der Waals surface area contributed by atoms with Crippen LogP contribution in [0, 0.1) is 5.82 Å². The molecule has 0 aliphatic rings. The zero-order valence-corrected chi connectivity index (χ0v) is 12.9. The number of amides is 2. The smallest absolute Gasteiger partial charge is 0.416 e. The lowest BCUT2D eigenvalue weighted by atomic mass is 10.1. The third-order valence-corrected chi connectivity index (χ3v) is 3.51. The summed E-state index contributed by atoms with van der Waals surface area (Å²) in [7, 11) is 0. The lowest BCUT2D eigenvalue weighted by Gasteiger charge is -2.17. The highest BCUT2D eigenvalue weighted by Crippen LogP contribution is 2.29. The van der Waals surface area contributed by atoms with Crippen LogP contribution in [0.3, 0.4) is 0 Å². The average Bonchev–Trinajstić information content (AvgIpc) is 2.54. The molecule has 0 aromatic heterocycles. The number of urea groups is 1. The third kappa shape index (κ3) is 4.31. The standard InChI is InChI=1S/C15H12F4N2O2S/c16-12-7-11(5-6-13(12)22)21(24)14(23)20-8-9-1-3-10(4-2-9)15(17,18)19/h1-7,22,24H,8H2,(H,20,23). The first-order valence-corrected chi connectivity index (χ1v) is 7.00. The van der Waals surface area contributed by atoms with Crippen molar-refractivity contribution in [1.82, 2.24) is 5.32 Å². The van der Waals surface area contributed by atoms with Crippen molar-refractivity contribution in [2.24, 2.45) is 0 Å². The Kier molecular flexibility index (Phi) is 5.23. The first-order valence-electron chi connectivity index (χ1n) is 6.60. The van der Waals surface area contributed by atoms with Crippen molar-refractivity contribution < 1.29 is 27.5 Å². The number of anilines is 1. The van der Waals surface area contributed by atoms with E-state index in [1.54, 1.807) is 0 Å². The van der Waals surface area contributed by atoms with E-state index in [1.807, 2.05) is 0 Å². The number of aromatic hydroxyl groups is 1. The highest BCUT2D eigenvalue weighted by Gasteiger charge is 2.29. The van der Waals surface area contributed by atoms with Crippen LogP contribution in [0.15, 0.2) is 42.5 Å². The number of nitrogens with zero attached hydrogens (tertiary/aromatic N) is 1. The van der Waals surface area contributed by atoms with Gasteiger partial charge in [0.25, 0.3) is 0 Å². The predicted octanol–water partition coefficient (Wildman–Crippen LogP) is 4.11. The number of hydrogen-bond donors (Lipinski definition) is 3. The number of carbonyl (C=O) groups is 1. The first kappa shape index (κ1) is 17.9. The van der Waals surface area contributed by atoms with Gasteiger partial charge in [-0.3, -0.25) is 0 Å². The van der Waals surface area contributed by atoms with Crippen molar-refractivity contribution >= 4 is 24.5 Å². The van der Waals surface area contributed by atoms with Gasteiger partial charge in [-0.25, -0.2) is 13.5 Å². The van der Waals surface area contributed by atoms with E-state index in [2.05, 4.69) is 18.1 Å². The quantitative estimate of drug-likeness (QED) is 0.570. The minimum absolute atomic E-state index is 0.0331. The van der Waals surface area contributed by atoms with Gasteiger partial charge < -0.3 is 10.4 Å². The summed E-state index contributed by atoms with van der Waals surface area (Å²) in [6.45, 7) is -0.0331. The van der Waals surface area contributed by atoms with E-state index in [4.69, 9.17) is 5.11 Å². The van der Waals surface area contributed by atoms with E-state index in [0.717, 1.165) is 28.6 Å². The lowest BCUT2D eigenvalue weighted by molar-refractivity contribution is -0.137. The second kappa shape index (κ2) is 7.00. The molecule has 2 amide bonds. The Bertz CT molecular complexity index is 735. The van der Waals surface area contributed by atoms with Crippen molar-refractivity contribution in [3.8, 4) is 5.75 Å². The number of rotatable bonds is 3. The average molecular weight is 360 g/mol. The number of alkyl halides is 3. The maximum absolute atomic E-state index is 13.3. The second-order valence-electron chi connectivity index (χ2n) is 4.80. The first-order chi connectivity index (χ1) is 11.2. The molecule has 128 valence electrons. The molecule has 0 fully saturated rings. The van der Waals surface area contributed by atoms with Crippen LogP contribution in [0.4, 0.5) is 28.0 Å². The zero-order chi connectivity index (χ0) is 17.9. The normalized spacial score (nSPS) is 11.2. The van der Waals surface area contributed by atoms with Gasteiger partial charge in [0.2, 0.25) is 0 Å². The molecule has 0 radical (unpaired) electrons. The second-order valence-corrected chi connectivity index (χ2v) is 5.20. The van der Waals surface area contributed by atoms with Gasteiger partial charge in [0, 0.05) is 12.6 Å². The van der Waals surface area contributed by atoms with Crippen molar-refractivity contribution in [1.29, 1.82) is 0 Å². The number of phenolic OH excluding ortho intramolecular Hbond substituents is 1. The topological polar surface area (TPSA) is 52.6 Å². The van der Waals surface area contributed by atoms with E-state index in [1.165, 1.54) is 18.2 Å². The molecule has 0 aliphatic carbocycles. The van der Waals surface area contributed by atoms with Gasteiger partial charge in [0.15, 0.2) is 11.6 Å². The summed E-state index contributed by atoms with van der Waals surface area (Å²) < 4.78 is 51.4. The van der Waals surface area contributed by atoms with Gasteiger partial charge in [-0.2, -0.15) is 13.2 Å². The SMILES string of the molecule is O=C(NCc1ccc(C(F)(F)F)cc1)N(S)c1ccc(O)c(F)c1. The molecule has 0 saturated heterocycles. The van der Waals surface area contributed by atoms with Crippen LogP contribution < -0.4 is 9.62 Å². The highest BCUT2D eigenvalue weighted by atomic mass is 32.1. The molecule has 2 rings (SSSR count). The Balaban J connectivity index is 1.98. The fraction of sp³-hybridized carbons (Fsp3) is 0.133. The van der Waals surface area contributed by atoms with Crippen LogP contribution in [0.1, 0.15) is 11.1 Å². The number of halogens is 4. The van der Waals surface area contributed by atoms with E-state index < -0.39 is 29.3 Å². The van der Waals surface area contributed by atoms with Gasteiger partial charge in [-0.15, -0.1) is 0 Å². The van der Waals surface area contributed by atoms with Crippen molar-refractivity contribution in [2.75, 3.05) is 4.31 Å². The number of benzene rings is 2. The fourth-order valence-electron chi connectivity index (χ4n) is 1.81. The van der Waals surface area contributed by atoms with Crippen LogP contribution in [-0.4, -0.2) is 11.1 Å². The summed E-state index contributed by atoms with van der Waals surface area (Å²) >= 11 is 3.92. The van der Waals surface area contributed by atoms with Crippen molar-refractivity contribution in [2.45, 2.75) is 12.7 Å². The van der Waals surface area contributed by atoms with Gasteiger partial charge in [-0.1, -0.05) is 24.9 Å². The van der Waals surface area contributed by atoms with Crippen LogP contribution in [0.5, 0.6) is 5.75 Å². The molecule has 9 heteroatoms. The minimum atomic E-state index is -4.42. The molecule has 0 atom stereocenters. The number of phenols is 1.